The predicted octanol–water partition coefficient (Wildman–Crippen LogP) is 2.76. The van der Waals surface area contributed by atoms with Gasteiger partial charge in [0.1, 0.15) is 5.52 Å². The van der Waals surface area contributed by atoms with E-state index in [-0.39, 0.29) is 5.82 Å². The third-order valence-electron chi connectivity index (χ3n) is 5.52. The highest BCUT2D eigenvalue weighted by atomic mass is 19.1. The molecule has 0 saturated heterocycles. The molecule has 5 rings (SSSR count). The molecule has 0 spiro atoms. The minimum atomic E-state index is -0.385. The molecule has 2 saturated carbocycles. The Balaban J connectivity index is 1.62. The maximum absolute atomic E-state index is 14.1. The second-order valence-corrected chi connectivity index (χ2v) is 7.43. The number of halogens is 1. The number of rotatable bonds is 4. The van der Waals surface area contributed by atoms with Gasteiger partial charge in [-0.05, 0) is 38.1 Å². The summed E-state index contributed by atoms with van der Waals surface area (Å²) < 4.78 is 17.8. The molecule has 7 heteroatoms. The zero-order valence-electron chi connectivity index (χ0n) is 14.2. The largest absolute Gasteiger partial charge is 0.330 e. The third-order valence-corrected chi connectivity index (χ3v) is 5.52. The molecule has 0 aliphatic heterocycles. The lowest BCUT2D eigenvalue weighted by atomic mass is 9.80. The van der Waals surface area contributed by atoms with Gasteiger partial charge in [0.15, 0.2) is 5.82 Å². The van der Waals surface area contributed by atoms with E-state index in [2.05, 4.69) is 21.0 Å². The summed E-state index contributed by atoms with van der Waals surface area (Å²) >= 11 is 0. The summed E-state index contributed by atoms with van der Waals surface area (Å²) in [7, 11) is 1.80. The van der Waals surface area contributed by atoms with Crippen molar-refractivity contribution in [3.8, 4) is 11.3 Å². The normalized spacial score (nSPS) is 23.2. The monoisotopic (exact) mass is 340 g/mol. The highest BCUT2D eigenvalue weighted by Gasteiger charge is 2.35. The van der Waals surface area contributed by atoms with Gasteiger partial charge in [-0.15, -0.1) is 0 Å². The Bertz CT molecular complexity index is 948. The van der Waals surface area contributed by atoms with Crippen molar-refractivity contribution in [1.82, 2.24) is 24.5 Å². The van der Waals surface area contributed by atoms with Gasteiger partial charge in [0.05, 0.1) is 23.6 Å². The second kappa shape index (κ2) is 5.36. The molecule has 0 bridgehead atoms. The van der Waals surface area contributed by atoms with Gasteiger partial charge in [-0.2, -0.15) is 10.2 Å². The van der Waals surface area contributed by atoms with Crippen molar-refractivity contribution < 1.29 is 4.39 Å². The van der Waals surface area contributed by atoms with Gasteiger partial charge in [0.25, 0.3) is 0 Å². The first kappa shape index (κ1) is 15.0. The van der Waals surface area contributed by atoms with Gasteiger partial charge in [0.2, 0.25) is 0 Å². The van der Waals surface area contributed by atoms with Crippen molar-refractivity contribution in [1.29, 1.82) is 0 Å². The van der Waals surface area contributed by atoms with E-state index in [1.165, 1.54) is 6.20 Å². The Kier molecular flexibility index (Phi) is 3.22. The standard InChI is InChI=1S/C18H21FN6/c1-24-8-13-17(21-7-15(19)18(13)22-24)14-9-25(12-4-10(5-12)6-20)23-16(14)11-2-3-11/h7-12H,2-6,20H2,1H3. The molecule has 0 radical (unpaired) electrons. The number of hydrogen-bond donors (Lipinski definition) is 1. The highest BCUT2D eigenvalue weighted by Crippen LogP contribution is 2.46. The molecular formula is C18H21FN6. The van der Waals surface area contributed by atoms with E-state index in [1.54, 1.807) is 11.7 Å². The SMILES string of the molecule is Cn1cc2c(-c3cn(C4CC(CN)C4)nc3C3CC3)ncc(F)c2n1. The molecule has 2 aliphatic carbocycles. The van der Waals surface area contributed by atoms with Crippen LogP contribution in [-0.2, 0) is 7.05 Å². The number of fused-ring (bicyclic) bond motifs is 1. The van der Waals surface area contributed by atoms with Crippen LogP contribution in [0.5, 0.6) is 0 Å². The molecule has 0 atom stereocenters. The van der Waals surface area contributed by atoms with Crippen molar-refractivity contribution in [3.05, 3.63) is 30.1 Å². The van der Waals surface area contributed by atoms with Gasteiger partial charge in [-0.3, -0.25) is 14.3 Å². The first-order valence-corrected chi connectivity index (χ1v) is 8.91. The maximum Gasteiger partial charge on any atom is 0.169 e. The Labute approximate surface area is 144 Å². The number of nitrogens with zero attached hydrogens (tertiary/aromatic N) is 5. The molecule has 2 N–H and O–H groups in total. The average molecular weight is 340 g/mol. The molecule has 6 nitrogen and oxygen atoms in total. The van der Waals surface area contributed by atoms with Crippen LogP contribution in [0.2, 0.25) is 0 Å². The minimum absolute atomic E-state index is 0.369. The van der Waals surface area contributed by atoms with E-state index in [0.717, 1.165) is 54.6 Å². The van der Waals surface area contributed by atoms with Crippen LogP contribution >= 0.6 is 0 Å². The van der Waals surface area contributed by atoms with Gasteiger partial charge in [0, 0.05) is 36.3 Å². The third kappa shape index (κ3) is 2.37. The van der Waals surface area contributed by atoms with E-state index in [9.17, 15) is 4.39 Å². The lowest BCUT2D eigenvalue weighted by Gasteiger charge is -2.34. The quantitative estimate of drug-likeness (QED) is 0.792. The van der Waals surface area contributed by atoms with Gasteiger partial charge in [-0.1, -0.05) is 0 Å². The topological polar surface area (TPSA) is 74.5 Å². The van der Waals surface area contributed by atoms with E-state index in [4.69, 9.17) is 10.8 Å². The lowest BCUT2D eigenvalue weighted by Crippen LogP contribution is -2.32. The predicted molar refractivity (Wildman–Crippen MR) is 92.5 cm³/mol. The molecule has 0 aromatic carbocycles. The van der Waals surface area contributed by atoms with Crippen LogP contribution in [0.15, 0.2) is 18.6 Å². The lowest BCUT2D eigenvalue weighted by molar-refractivity contribution is 0.189. The molecule has 130 valence electrons. The summed E-state index contributed by atoms with van der Waals surface area (Å²) in [6, 6.07) is 0.421. The first-order valence-electron chi connectivity index (χ1n) is 8.91. The highest BCUT2D eigenvalue weighted by molar-refractivity contribution is 5.92. The van der Waals surface area contributed by atoms with Gasteiger partial charge < -0.3 is 5.73 Å². The fourth-order valence-electron chi connectivity index (χ4n) is 3.85. The molecule has 2 aliphatic rings. The van der Waals surface area contributed by atoms with Crippen LogP contribution in [0.3, 0.4) is 0 Å². The van der Waals surface area contributed by atoms with Gasteiger partial charge >= 0.3 is 0 Å². The molecule has 3 aromatic rings. The Hall–Kier alpha value is -2.28. The fourth-order valence-corrected chi connectivity index (χ4v) is 3.85. The minimum Gasteiger partial charge on any atom is -0.330 e. The summed E-state index contributed by atoms with van der Waals surface area (Å²) in [6.07, 6.45) is 9.70. The van der Waals surface area contributed by atoms with E-state index >= 15 is 0 Å². The van der Waals surface area contributed by atoms with Crippen molar-refractivity contribution in [3.63, 3.8) is 0 Å². The van der Waals surface area contributed by atoms with Crippen molar-refractivity contribution in [2.75, 3.05) is 6.54 Å². The molecule has 3 aromatic heterocycles. The van der Waals surface area contributed by atoms with E-state index < -0.39 is 0 Å². The maximum atomic E-state index is 14.1. The fraction of sp³-hybridized carbons (Fsp3) is 0.500. The summed E-state index contributed by atoms with van der Waals surface area (Å²) in [5.41, 5.74) is 9.03. The second-order valence-electron chi connectivity index (χ2n) is 7.43. The summed E-state index contributed by atoms with van der Waals surface area (Å²) in [4.78, 5) is 4.41. The first-order chi connectivity index (χ1) is 12.1. The average Bonchev–Trinajstić information content (AvgIpc) is 3.18. The van der Waals surface area contributed by atoms with Crippen LogP contribution in [-0.4, -0.2) is 31.1 Å². The van der Waals surface area contributed by atoms with Crippen LogP contribution in [0.4, 0.5) is 4.39 Å². The van der Waals surface area contributed by atoms with Crippen LogP contribution in [0.25, 0.3) is 22.2 Å². The number of aromatic nitrogens is 5. The van der Waals surface area contributed by atoms with E-state index in [1.807, 2.05) is 6.20 Å². The van der Waals surface area contributed by atoms with Crippen LogP contribution in [0.1, 0.15) is 43.3 Å². The van der Waals surface area contributed by atoms with E-state index in [0.29, 0.717) is 23.4 Å². The smallest absolute Gasteiger partial charge is 0.169 e. The van der Waals surface area contributed by atoms with Gasteiger partial charge in [-0.25, -0.2) is 4.39 Å². The summed E-state index contributed by atoms with van der Waals surface area (Å²) in [5, 5.41) is 9.88. The number of aryl methyl sites for hydroxylation is 1. The summed E-state index contributed by atoms with van der Waals surface area (Å²) in [6.45, 7) is 0.746. The number of nitrogens with two attached hydrogens (primary N) is 1. The Morgan fingerprint density at radius 2 is 2.04 bits per heavy atom. The Morgan fingerprint density at radius 3 is 2.76 bits per heavy atom. The Morgan fingerprint density at radius 1 is 1.24 bits per heavy atom. The van der Waals surface area contributed by atoms with Crippen molar-refractivity contribution in [2.45, 2.75) is 37.6 Å². The molecular weight excluding hydrogens is 319 g/mol. The van der Waals surface area contributed by atoms with Crippen molar-refractivity contribution >= 4 is 10.9 Å². The molecule has 25 heavy (non-hydrogen) atoms. The zero-order chi connectivity index (χ0) is 17.1. The number of hydrogen-bond acceptors (Lipinski definition) is 4. The van der Waals surface area contributed by atoms with Crippen LogP contribution in [0, 0.1) is 11.7 Å². The van der Waals surface area contributed by atoms with Crippen molar-refractivity contribution in [2.24, 2.45) is 18.7 Å². The number of pyridine rings is 1. The molecule has 2 fully saturated rings. The molecule has 0 unspecified atom stereocenters. The molecule has 3 heterocycles. The summed E-state index contributed by atoms with van der Waals surface area (Å²) in [5.74, 6) is 0.723. The van der Waals surface area contributed by atoms with Crippen LogP contribution < -0.4 is 5.73 Å². The molecule has 0 amide bonds. The zero-order valence-corrected chi connectivity index (χ0v) is 14.2.